The molecule has 0 bridgehead atoms. The van der Waals surface area contributed by atoms with Crippen molar-refractivity contribution < 1.29 is 9.47 Å². The fraction of sp³-hybridized carbons (Fsp3) is 0.600. The van der Waals surface area contributed by atoms with Crippen molar-refractivity contribution in [1.82, 2.24) is 9.97 Å². The lowest BCUT2D eigenvalue weighted by Crippen LogP contribution is -2.38. The predicted octanol–water partition coefficient (Wildman–Crippen LogP) is 0.991. The van der Waals surface area contributed by atoms with Gasteiger partial charge in [0.15, 0.2) is 0 Å². The molecule has 0 radical (unpaired) electrons. The second kappa shape index (κ2) is 4.93. The van der Waals surface area contributed by atoms with E-state index in [4.69, 9.17) is 15.2 Å². The highest BCUT2D eigenvalue weighted by molar-refractivity contribution is 5.12. The van der Waals surface area contributed by atoms with Gasteiger partial charge < -0.3 is 15.2 Å². The van der Waals surface area contributed by atoms with E-state index in [1.54, 1.807) is 6.20 Å². The van der Waals surface area contributed by atoms with Crippen molar-refractivity contribution in [3.8, 4) is 11.8 Å². The molecule has 0 fully saturated rings. The third-order valence-electron chi connectivity index (χ3n) is 1.47. The highest BCUT2D eigenvalue weighted by atomic mass is 16.5. The molecule has 1 rings (SSSR count). The van der Waals surface area contributed by atoms with Crippen LogP contribution in [0.15, 0.2) is 12.4 Å². The summed E-state index contributed by atoms with van der Waals surface area (Å²) in [5, 5.41) is 0. The van der Waals surface area contributed by atoms with Crippen molar-refractivity contribution >= 4 is 0 Å². The van der Waals surface area contributed by atoms with Crippen LogP contribution in [0.3, 0.4) is 0 Å². The zero-order chi connectivity index (χ0) is 11.3. The summed E-state index contributed by atoms with van der Waals surface area (Å²) >= 11 is 0. The van der Waals surface area contributed by atoms with Gasteiger partial charge in [-0.15, -0.1) is 0 Å². The summed E-state index contributed by atoms with van der Waals surface area (Å²) in [6.07, 6.45) is 3.08. The predicted molar refractivity (Wildman–Crippen MR) is 57.0 cm³/mol. The summed E-state index contributed by atoms with van der Waals surface area (Å²) < 4.78 is 10.6. The van der Waals surface area contributed by atoms with Gasteiger partial charge >= 0.3 is 0 Å². The van der Waals surface area contributed by atoms with Crippen LogP contribution in [0.4, 0.5) is 0 Å². The molecule has 0 saturated carbocycles. The molecule has 0 aliphatic heterocycles. The normalized spacial score (nSPS) is 11.2. The Morgan fingerprint density at radius 1 is 1.27 bits per heavy atom. The van der Waals surface area contributed by atoms with Gasteiger partial charge in [-0.05, 0) is 20.8 Å². The largest absolute Gasteiger partial charge is 0.477 e. The Hall–Kier alpha value is -1.36. The molecule has 0 unspecified atom stereocenters. The molecule has 0 aliphatic carbocycles. The van der Waals surface area contributed by atoms with E-state index in [0.29, 0.717) is 25.0 Å². The summed E-state index contributed by atoms with van der Waals surface area (Å²) in [5.41, 5.74) is 5.39. The van der Waals surface area contributed by atoms with E-state index in [9.17, 15) is 0 Å². The molecular weight excluding hydrogens is 194 g/mol. The van der Waals surface area contributed by atoms with Crippen molar-refractivity contribution in [2.24, 2.45) is 5.73 Å². The standard InChI is InChI=1S/C10H17N3O2/c1-4-14-8-5-12-6-9(13-8)15-7-10(2,3)11/h5-6H,4,7,11H2,1-3H3. The number of rotatable bonds is 5. The zero-order valence-electron chi connectivity index (χ0n) is 9.36. The molecule has 0 aromatic carbocycles. The Morgan fingerprint density at radius 3 is 2.40 bits per heavy atom. The van der Waals surface area contributed by atoms with Crippen LogP contribution in [-0.4, -0.2) is 28.7 Å². The molecule has 0 spiro atoms. The minimum atomic E-state index is -0.386. The molecule has 84 valence electrons. The fourth-order valence-electron chi connectivity index (χ4n) is 0.878. The van der Waals surface area contributed by atoms with Crippen molar-refractivity contribution in [2.45, 2.75) is 26.3 Å². The van der Waals surface area contributed by atoms with Gasteiger partial charge in [-0.25, -0.2) is 0 Å². The number of aromatic nitrogens is 2. The van der Waals surface area contributed by atoms with Crippen LogP contribution < -0.4 is 15.2 Å². The van der Waals surface area contributed by atoms with E-state index in [1.807, 2.05) is 20.8 Å². The lowest BCUT2D eigenvalue weighted by Gasteiger charge is -2.18. The first kappa shape index (κ1) is 11.7. The van der Waals surface area contributed by atoms with Crippen molar-refractivity contribution in [3.05, 3.63) is 12.4 Å². The van der Waals surface area contributed by atoms with Crippen molar-refractivity contribution in [1.29, 1.82) is 0 Å². The van der Waals surface area contributed by atoms with Gasteiger partial charge in [0.2, 0.25) is 11.8 Å². The Labute approximate surface area is 89.6 Å². The first-order valence-electron chi connectivity index (χ1n) is 4.88. The Balaban J connectivity index is 2.57. The van der Waals surface area contributed by atoms with E-state index in [1.165, 1.54) is 6.20 Å². The average molecular weight is 211 g/mol. The molecule has 2 N–H and O–H groups in total. The molecule has 1 aromatic heterocycles. The molecule has 0 atom stereocenters. The van der Waals surface area contributed by atoms with Gasteiger partial charge in [-0.1, -0.05) is 0 Å². The monoisotopic (exact) mass is 211 g/mol. The molecule has 0 aliphatic rings. The minimum Gasteiger partial charge on any atom is -0.477 e. The quantitative estimate of drug-likeness (QED) is 0.786. The van der Waals surface area contributed by atoms with Crippen LogP contribution in [0.2, 0.25) is 0 Å². The van der Waals surface area contributed by atoms with Gasteiger partial charge in [-0.3, -0.25) is 4.98 Å². The Kier molecular flexibility index (Phi) is 3.85. The Morgan fingerprint density at radius 2 is 1.87 bits per heavy atom. The molecule has 1 aromatic rings. The van der Waals surface area contributed by atoms with Crippen molar-refractivity contribution in [3.63, 3.8) is 0 Å². The van der Waals surface area contributed by atoms with Gasteiger partial charge in [-0.2, -0.15) is 4.98 Å². The summed E-state index contributed by atoms with van der Waals surface area (Å²) in [6, 6.07) is 0. The molecule has 0 amide bonds. The third kappa shape index (κ3) is 4.60. The van der Waals surface area contributed by atoms with Gasteiger partial charge in [0.1, 0.15) is 6.61 Å². The van der Waals surface area contributed by atoms with Gasteiger partial charge in [0.05, 0.1) is 19.0 Å². The second-order valence-corrected chi connectivity index (χ2v) is 3.91. The number of hydrogen-bond donors (Lipinski definition) is 1. The van der Waals surface area contributed by atoms with Crippen molar-refractivity contribution in [2.75, 3.05) is 13.2 Å². The molecule has 0 saturated heterocycles. The first-order valence-corrected chi connectivity index (χ1v) is 4.88. The molecule has 5 heteroatoms. The fourth-order valence-corrected chi connectivity index (χ4v) is 0.878. The third-order valence-corrected chi connectivity index (χ3v) is 1.47. The summed E-state index contributed by atoms with van der Waals surface area (Å²) in [6.45, 7) is 6.59. The zero-order valence-corrected chi connectivity index (χ0v) is 9.36. The van der Waals surface area contributed by atoms with E-state index in [0.717, 1.165) is 0 Å². The highest BCUT2D eigenvalue weighted by Crippen LogP contribution is 2.12. The average Bonchev–Trinajstić information content (AvgIpc) is 2.15. The van der Waals surface area contributed by atoms with Gasteiger partial charge in [0, 0.05) is 5.54 Å². The van der Waals surface area contributed by atoms with Crippen LogP contribution >= 0.6 is 0 Å². The summed E-state index contributed by atoms with van der Waals surface area (Å²) in [5.74, 6) is 0.893. The molecule has 1 heterocycles. The maximum atomic E-state index is 5.78. The molecular formula is C10H17N3O2. The molecule has 5 nitrogen and oxygen atoms in total. The Bertz CT molecular complexity index is 310. The minimum absolute atomic E-state index is 0.386. The maximum Gasteiger partial charge on any atom is 0.235 e. The van der Waals surface area contributed by atoms with E-state index in [-0.39, 0.29) is 5.54 Å². The summed E-state index contributed by atoms with van der Waals surface area (Å²) in [4.78, 5) is 8.05. The van der Waals surface area contributed by atoms with Crippen LogP contribution in [-0.2, 0) is 0 Å². The van der Waals surface area contributed by atoms with E-state index < -0.39 is 0 Å². The number of nitrogens with two attached hydrogens (primary N) is 1. The smallest absolute Gasteiger partial charge is 0.235 e. The van der Waals surface area contributed by atoms with Crippen LogP contribution in [0, 0.1) is 0 Å². The number of nitrogens with zero attached hydrogens (tertiary/aromatic N) is 2. The SMILES string of the molecule is CCOc1cncc(OCC(C)(C)N)n1. The first-order chi connectivity index (χ1) is 7.01. The van der Waals surface area contributed by atoms with Crippen LogP contribution in [0.1, 0.15) is 20.8 Å². The van der Waals surface area contributed by atoms with Gasteiger partial charge in [0.25, 0.3) is 0 Å². The lowest BCUT2D eigenvalue weighted by molar-refractivity contribution is 0.229. The van der Waals surface area contributed by atoms with Crippen LogP contribution in [0.25, 0.3) is 0 Å². The molecule has 15 heavy (non-hydrogen) atoms. The maximum absolute atomic E-state index is 5.78. The number of hydrogen-bond acceptors (Lipinski definition) is 5. The topological polar surface area (TPSA) is 70.3 Å². The highest BCUT2D eigenvalue weighted by Gasteiger charge is 2.12. The lowest BCUT2D eigenvalue weighted by atomic mass is 10.1. The van der Waals surface area contributed by atoms with E-state index >= 15 is 0 Å². The number of ether oxygens (including phenoxy) is 2. The van der Waals surface area contributed by atoms with Crippen LogP contribution in [0.5, 0.6) is 11.8 Å². The van der Waals surface area contributed by atoms with E-state index in [2.05, 4.69) is 9.97 Å². The summed E-state index contributed by atoms with van der Waals surface area (Å²) in [7, 11) is 0. The second-order valence-electron chi connectivity index (χ2n) is 3.91.